The van der Waals surface area contributed by atoms with Gasteiger partial charge in [-0.3, -0.25) is 15.0 Å². The van der Waals surface area contributed by atoms with Crippen molar-refractivity contribution in [2.45, 2.75) is 23.8 Å². The first-order chi connectivity index (χ1) is 9.79. The van der Waals surface area contributed by atoms with Crippen LogP contribution in [0.3, 0.4) is 0 Å². The molecule has 0 saturated heterocycles. The van der Waals surface area contributed by atoms with Crippen LogP contribution in [0.2, 0.25) is 5.02 Å². The lowest BCUT2D eigenvalue weighted by molar-refractivity contribution is -0.139. The Hall–Kier alpha value is -1.16. The molecule has 2 amide bonds. The van der Waals surface area contributed by atoms with E-state index in [1.54, 1.807) is 0 Å². The molecule has 0 unspecified atom stereocenters. The number of hydrazine groups is 1. The highest BCUT2D eigenvalue weighted by Gasteiger charge is 2.27. The Balaban J connectivity index is 2.00. The number of benzene rings is 1. The number of halogens is 2. The second kappa shape index (κ2) is 6.30. The van der Waals surface area contributed by atoms with Crippen LogP contribution in [0.15, 0.2) is 27.6 Å². The Bertz CT molecular complexity index is 691. The molecule has 1 aliphatic carbocycles. The van der Waals surface area contributed by atoms with E-state index in [9.17, 15) is 18.0 Å². The van der Waals surface area contributed by atoms with Gasteiger partial charge in [-0.15, -0.1) is 4.83 Å². The van der Waals surface area contributed by atoms with Crippen LogP contribution < -0.4 is 15.6 Å². The van der Waals surface area contributed by atoms with Gasteiger partial charge in [0.1, 0.15) is 4.90 Å². The molecule has 0 aromatic heterocycles. The fraction of sp³-hybridized carbons (Fsp3) is 0.273. The monoisotopic (exact) mass is 395 g/mol. The van der Waals surface area contributed by atoms with Gasteiger partial charge < -0.3 is 5.32 Å². The SMILES string of the molecule is O=C(NNS(=O)(=O)c1ccc(Br)cc1Cl)C(=O)NC1CC1. The van der Waals surface area contributed by atoms with Crippen molar-refractivity contribution in [2.24, 2.45) is 0 Å². The summed E-state index contributed by atoms with van der Waals surface area (Å²) in [5, 5.41) is 2.41. The maximum atomic E-state index is 12.0. The second-order valence-electron chi connectivity index (χ2n) is 4.38. The molecule has 0 radical (unpaired) electrons. The lowest BCUT2D eigenvalue weighted by atomic mass is 10.4. The molecule has 21 heavy (non-hydrogen) atoms. The second-order valence-corrected chi connectivity index (χ2v) is 7.36. The summed E-state index contributed by atoms with van der Waals surface area (Å²) in [5.41, 5.74) is 1.84. The summed E-state index contributed by atoms with van der Waals surface area (Å²) in [6.07, 6.45) is 1.64. The summed E-state index contributed by atoms with van der Waals surface area (Å²) in [6.45, 7) is 0. The zero-order valence-electron chi connectivity index (χ0n) is 10.5. The molecular formula is C11H11BrClN3O4S. The lowest BCUT2D eigenvalue weighted by Crippen LogP contribution is -2.48. The van der Waals surface area contributed by atoms with Crippen molar-refractivity contribution in [1.29, 1.82) is 0 Å². The van der Waals surface area contributed by atoms with Crippen molar-refractivity contribution < 1.29 is 18.0 Å². The smallest absolute Gasteiger partial charge is 0.324 e. The zero-order valence-corrected chi connectivity index (χ0v) is 13.7. The molecule has 1 aromatic carbocycles. The van der Waals surface area contributed by atoms with E-state index >= 15 is 0 Å². The van der Waals surface area contributed by atoms with Crippen molar-refractivity contribution in [2.75, 3.05) is 0 Å². The Morgan fingerprint density at radius 3 is 2.48 bits per heavy atom. The van der Waals surface area contributed by atoms with Gasteiger partial charge >= 0.3 is 11.8 Å². The van der Waals surface area contributed by atoms with Crippen LogP contribution in [-0.2, 0) is 19.6 Å². The molecule has 10 heteroatoms. The zero-order chi connectivity index (χ0) is 15.6. The number of carbonyl (C=O) groups is 2. The summed E-state index contributed by atoms with van der Waals surface area (Å²) < 4.78 is 24.5. The van der Waals surface area contributed by atoms with Crippen molar-refractivity contribution >= 4 is 49.4 Å². The minimum atomic E-state index is -4.06. The number of hydrogen-bond acceptors (Lipinski definition) is 4. The van der Waals surface area contributed by atoms with E-state index in [0.29, 0.717) is 4.47 Å². The molecule has 1 aliphatic rings. The van der Waals surface area contributed by atoms with Crippen molar-refractivity contribution in [1.82, 2.24) is 15.6 Å². The van der Waals surface area contributed by atoms with Gasteiger partial charge in [-0.2, -0.15) is 0 Å². The number of amides is 2. The molecular weight excluding hydrogens is 386 g/mol. The van der Waals surface area contributed by atoms with Crippen LogP contribution in [0, 0.1) is 0 Å². The largest absolute Gasteiger partial charge is 0.345 e. The van der Waals surface area contributed by atoms with Crippen LogP contribution in [0.25, 0.3) is 0 Å². The highest BCUT2D eigenvalue weighted by atomic mass is 79.9. The molecule has 0 atom stereocenters. The van der Waals surface area contributed by atoms with Gasteiger partial charge in [0, 0.05) is 10.5 Å². The molecule has 0 spiro atoms. The van der Waals surface area contributed by atoms with Gasteiger partial charge in [-0.25, -0.2) is 8.42 Å². The average molecular weight is 397 g/mol. The normalized spacial score (nSPS) is 14.6. The maximum Gasteiger partial charge on any atom is 0.324 e. The van der Waals surface area contributed by atoms with Gasteiger partial charge in [0.2, 0.25) is 0 Å². The summed E-state index contributed by atoms with van der Waals surface area (Å²) in [6, 6.07) is 4.16. The summed E-state index contributed by atoms with van der Waals surface area (Å²) >= 11 is 8.98. The minimum absolute atomic E-state index is 0.000718. The molecule has 1 fully saturated rings. The van der Waals surface area contributed by atoms with Crippen LogP contribution in [0.5, 0.6) is 0 Å². The first kappa shape index (κ1) is 16.2. The van der Waals surface area contributed by atoms with E-state index in [1.807, 2.05) is 10.3 Å². The van der Waals surface area contributed by atoms with E-state index in [0.717, 1.165) is 12.8 Å². The van der Waals surface area contributed by atoms with E-state index in [2.05, 4.69) is 21.2 Å². The predicted molar refractivity (Wildman–Crippen MR) is 78.8 cm³/mol. The number of carbonyl (C=O) groups excluding carboxylic acids is 2. The Morgan fingerprint density at radius 2 is 1.90 bits per heavy atom. The van der Waals surface area contributed by atoms with Gasteiger partial charge in [-0.05, 0) is 31.0 Å². The molecule has 3 N–H and O–H groups in total. The summed E-state index contributed by atoms with van der Waals surface area (Å²) in [7, 11) is -4.06. The maximum absolute atomic E-state index is 12.0. The van der Waals surface area contributed by atoms with Gasteiger partial charge in [0.15, 0.2) is 0 Å². The van der Waals surface area contributed by atoms with Crippen molar-refractivity contribution in [3.05, 3.63) is 27.7 Å². The highest BCUT2D eigenvalue weighted by molar-refractivity contribution is 9.10. The number of rotatable bonds is 4. The Morgan fingerprint density at radius 1 is 1.24 bits per heavy atom. The Kier molecular flexibility index (Phi) is 4.87. The van der Waals surface area contributed by atoms with Gasteiger partial charge in [-0.1, -0.05) is 27.5 Å². The quantitative estimate of drug-likeness (QED) is 0.514. The average Bonchev–Trinajstić information content (AvgIpc) is 3.19. The number of hydrogen-bond donors (Lipinski definition) is 3. The van der Waals surface area contributed by atoms with Crippen molar-refractivity contribution in [3.63, 3.8) is 0 Å². The molecule has 0 bridgehead atoms. The fourth-order valence-electron chi connectivity index (χ4n) is 1.40. The Labute approximate surface area is 134 Å². The third-order valence-corrected chi connectivity index (χ3v) is 4.82. The van der Waals surface area contributed by atoms with E-state index in [1.165, 1.54) is 18.2 Å². The van der Waals surface area contributed by atoms with Crippen LogP contribution in [-0.4, -0.2) is 26.3 Å². The molecule has 2 rings (SSSR count). The molecule has 0 aliphatic heterocycles. The number of sulfonamides is 1. The van der Waals surface area contributed by atoms with Crippen LogP contribution >= 0.6 is 27.5 Å². The van der Waals surface area contributed by atoms with Crippen LogP contribution in [0.4, 0.5) is 0 Å². The van der Waals surface area contributed by atoms with Gasteiger partial charge in [0.25, 0.3) is 10.0 Å². The fourth-order valence-corrected chi connectivity index (χ4v) is 3.28. The van der Waals surface area contributed by atoms with Crippen molar-refractivity contribution in [3.8, 4) is 0 Å². The first-order valence-electron chi connectivity index (χ1n) is 5.87. The highest BCUT2D eigenvalue weighted by Crippen LogP contribution is 2.24. The van der Waals surface area contributed by atoms with Gasteiger partial charge in [0.05, 0.1) is 5.02 Å². The van der Waals surface area contributed by atoms with E-state index in [4.69, 9.17) is 11.6 Å². The standard InChI is InChI=1S/C11H11BrClN3O4S/c12-6-1-4-9(8(13)5-6)21(19,20)16-15-11(18)10(17)14-7-2-3-7/h1,4-5,7,16H,2-3H2,(H,14,17)(H,15,18). The minimum Gasteiger partial charge on any atom is -0.345 e. The predicted octanol–water partition coefficient (Wildman–Crippen LogP) is 0.691. The first-order valence-corrected chi connectivity index (χ1v) is 8.53. The van der Waals surface area contributed by atoms with E-state index < -0.39 is 21.8 Å². The molecule has 0 heterocycles. The molecule has 114 valence electrons. The summed E-state index contributed by atoms with van der Waals surface area (Å²) in [4.78, 5) is 24.4. The third-order valence-electron chi connectivity index (χ3n) is 2.60. The van der Waals surface area contributed by atoms with E-state index in [-0.39, 0.29) is 16.0 Å². The third kappa shape index (κ3) is 4.40. The lowest BCUT2D eigenvalue weighted by Gasteiger charge is -2.09. The topological polar surface area (TPSA) is 104 Å². The van der Waals surface area contributed by atoms with Crippen LogP contribution in [0.1, 0.15) is 12.8 Å². The molecule has 7 nitrogen and oxygen atoms in total. The molecule has 1 saturated carbocycles. The molecule has 1 aromatic rings. The summed E-state index contributed by atoms with van der Waals surface area (Å²) in [5.74, 6) is -1.97. The number of nitrogens with one attached hydrogen (secondary N) is 3.